The number of anilines is 2. The molecular formula is C14H12FNO4S. The van der Waals surface area contributed by atoms with Crippen LogP contribution in [-0.2, 0) is 10.0 Å². The molecule has 0 aromatic heterocycles. The Morgan fingerprint density at radius 3 is 2.29 bits per heavy atom. The third-order valence-corrected chi connectivity index (χ3v) is 3.81. The molecule has 0 radical (unpaired) electrons. The molecule has 110 valence electrons. The van der Waals surface area contributed by atoms with Crippen LogP contribution in [0.25, 0.3) is 0 Å². The molecule has 1 N–H and O–H groups in total. The van der Waals surface area contributed by atoms with Crippen molar-refractivity contribution in [1.29, 1.82) is 0 Å². The van der Waals surface area contributed by atoms with Crippen LogP contribution < -0.4 is 4.31 Å². The number of carbonyl (C=O) groups is 1. The van der Waals surface area contributed by atoms with Gasteiger partial charge < -0.3 is 5.11 Å². The van der Waals surface area contributed by atoms with E-state index in [1.807, 2.05) is 0 Å². The lowest BCUT2D eigenvalue weighted by Crippen LogP contribution is -2.25. The minimum Gasteiger partial charge on any atom is -0.478 e. The van der Waals surface area contributed by atoms with Crippen LogP contribution in [-0.4, -0.2) is 25.7 Å². The van der Waals surface area contributed by atoms with E-state index >= 15 is 0 Å². The Balaban J connectivity index is 2.69. The van der Waals surface area contributed by atoms with E-state index in [4.69, 9.17) is 5.11 Å². The average molecular weight is 309 g/mol. The van der Waals surface area contributed by atoms with Crippen molar-refractivity contribution in [3.63, 3.8) is 0 Å². The fraction of sp³-hybridized carbons (Fsp3) is 0.0714. The number of halogens is 1. The molecule has 2 aromatic rings. The Bertz CT molecular complexity index is 775. The molecule has 0 unspecified atom stereocenters. The molecule has 0 saturated heterocycles. The van der Waals surface area contributed by atoms with Crippen molar-refractivity contribution in [2.24, 2.45) is 0 Å². The van der Waals surface area contributed by atoms with E-state index in [0.717, 1.165) is 28.8 Å². The summed E-state index contributed by atoms with van der Waals surface area (Å²) in [7, 11) is -3.84. The molecule has 0 aliphatic carbocycles. The van der Waals surface area contributed by atoms with Gasteiger partial charge in [-0.1, -0.05) is 18.2 Å². The largest absolute Gasteiger partial charge is 0.478 e. The molecule has 2 rings (SSSR count). The monoisotopic (exact) mass is 309 g/mol. The maximum Gasteiger partial charge on any atom is 0.335 e. The fourth-order valence-corrected chi connectivity index (χ4v) is 2.88. The first-order valence-electron chi connectivity index (χ1n) is 5.89. The summed E-state index contributed by atoms with van der Waals surface area (Å²) in [6.07, 6.45) is 0.923. The summed E-state index contributed by atoms with van der Waals surface area (Å²) in [4.78, 5) is 11.0. The van der Waals surface area contributed by atoms with Crippen molar-refractivity contribution < 1.29 is 22.7 Å². The Kier molecular flexibility index (Phi) is 3.95. The number of rotatable bonds is 4. The van der Waals surface area contributed by atoms with Crippen molar-refractivity contribution in [1.82, 2.24) is 0 Å². The van der Waals surface area contributed by atoms with E-state index in [1.165, 1.54) is 12.1 Å². The predicted octanol–water partition coefficient (Wildman–Crippen LogP) is 2.62. The number of benzene rings is 2. The Morgan fingerprint density at radius 1 is 1.14 bits per heavy atom. The molecule has 21 heavy (non-hydrogen) atoms. The zero-order valence-corrected chi connectivity index (χ0v) is 11.8. The highest BCUT2D eigenvalue weighted by Gasteiger charge is 2.23. The first-order valence-corrected chi connectivity index (χ1v) is 7.74. The highest BCUT2D eigenvalue weighted by Crippen LogP contribution is 2.31. The van der Waals surface area contributed by atoms with E-state index in [9.17, 15) is 17.6 Å². The van der Waals surface area contributed by atoms with E-state index in [2.05, 4.69) is 0 Å². The highest BCUT2D eigenvalue weighted by atomic mass is 32.2. The Morgan fingerprint density at radius 2 is 1.76 bits per heavy atom. The first kappa shape index (κ1) is 15.0. The summed E-state index contributed by atoms with van der Waals surface area (Å²) in [5, 5.41) is 8.96. The van der Waals surface area contributed by atoms with Crippen LogP contribution in [0, 0.1) is 5.82 Å². The van der Waals surface area contributed by atoms with Crippen LogP contribution >= 0.6 is 0 Å². The van der Waals surface area contributed by atoms with Crippen LogP contribution in [0.1, 0.15) is 10.4 Å². The second-order valence-electron chi connectivity index (χ2n) is 4.33. The third kappa shape index (κ3) is 3.19. The van der Waals surface area contributed by atoms with E-state index < -0.39 is 21.8 Å². The first-order chi connectivity index (χ1) is 9.80. The molecule has 0 spiro atoms. The topological polar surface area (TPSA) is 74.7 Å². The lowest BCUT2D eigenvalue weighted by Gasteiger charge is -2.23. The summed E-state index contributed by atoms with van der Waals surface area (Å²) in [6.45, 7) is 0. The Labute approximate surface area is 121 Å². The summed E-state index contributed by atoms with van der Waals surface area (Å²) in [5.74, 6) is -2.09. The molecule has 0 fully saturated rings. The van der Waals surface area contributed by atoms with Crippen molar-refractivity contribution in [2.45, 2.75) is 0 Å². The van der Waals surface area contributed by atoms with E-state index in [1.54, 1.807) is 18.2 Å². The molecule has 0 heterocycles. The molecule has 0 atom stereocenters. The Hall–Kier alpha value is -2.41. The van der Waals surface area contributed by atoms with Crippen LogP contribution in [0.2, 0.25) is 0 Å². The number of carboxylic acid groups (broad SMARTS) is 1. The number of hydrogen-bond acceptors (Lipinski definition) is 3. The lowest BCUT2D eigenvalue weighted by atomic mass is 10.2. The van der Waals surface area contributed by atoms with Crippen LogP contribution in [0.5, 0.6) is 0 Å². The summed E-state index contributed by atoms with van der Waals surface area (Å²) in [6, 6.07) is 10.9. The van der Waals surface area contributed by atoms with Gasteiger partial charge in [0.25, 0.3) is 0 Å². The van der Waals surface area contributed by atoms with Crippen molar-refractivity contribution in [3.8, 4) is 0 Å². The quantitative estimate of drug-likeness (QED) is 0.942. The van der Waals surface area contributed by atoms with Crippen LogP contribution in [0.4, 0.5) is 15.8 Å². The lowest BCUT2D eigenvalue weighted by molar-refractivity contribution is 0.0697. The summed E-state index contributed by atoms with van der Waals surface area (Å²) >= 11 is 0. The molecule has 0 amide bonds. The number of para-hydroxylation sites is 1. The van der Waals surface area contributed by atoms with E-state index in [0.29, 0.717) is 0 Å². The predicted molar refractivity (Wildman–Crippen MR) is 76.8 cm³/mol. The fourth-order valence-electron chi connectivity index (χ4n) is 1.87. The molecule has 0 saturated carbocycles. The highest BCUT2D eigenvalue weighted by molar-refractivity contribution is 7.92. The average Bonchev–Trinajstić information content (AvgIpc) is 2.40. The zero-order valence-electron chi connectivity index (χ0n) is 11.0. The molecule has 0 bridgehead atoms. The SMILES string of the molecule is CS(=O)(=O)N(c1ccccc1)c1cc(C(=O)O)ccc1F. The molecule has 5 nitrogen and oxygen atoms in total. The van der Waals surface area contributed by atoms with Crippen molar-refractivity contribution in [3.05, 3.63) is 59.9 Å². The van der Waals surface area contributed by atoms with Gasteiger partial charge in [0, 0.05) is 0 Å². The molecule has 0 aliphatic heterocycles. The van der Waals surface area contributed by atoms with Gasteiger partial charge in [-0.05, 0) is 30.3 Å². The molecule has 7 heteroatoms. The van der Waals surface area contributed by atoms with Gasteiger partial charge >= 0.3 is 5.97 Å². The maximum atomic E-state index is 14.0. The smallest absolute Gasteiger partial charge is 0.335 e. The minimum atomic E-state index is -3.84. The number of nitrogens with zero attached hydrogens (tertiary/aromatic N) is 1. The third-order valence-electron chi connectivity index (χ3n) is 2.73. The van der Waals surface area contributed by atoms with Gasteiger partial charge in [0.1, 0.15) is 5.82 Å². The van der Waals surface area contributed by atoms with Crippen molar-refractivity contribution in [2.75, 3.05) is 10.6 Å². The van der Waals surface area contributed by atoms with Gasteiger partial charge in [0.15, 0.2) is 0 Å². The second kappa shape index (κ2) is 5.53. The number of aromatic carboxylic acids is 1. The van der Waals surface area contributed by atoms with Gasteiger partial charge in [-0.2, -0.15) is 0 Å². The number of sulfonamides is 1. The molecule has 2 aromatic carbocycles. The van der Waals surface area contributed by atoms with Crippen molar-refractivity contribution >= 4 is 27.4 Å². The normalized spacial score (nSPS) is 11.1. The zero-order chi connectivity index (χ0) is 15.6. The van der Waals surface area contributed by atoms with Gasteiger partial charge in [0.05, 0.1) is 23.2 Å². The van der Waals surface area contributed by atoms with Gasteiger partial charge in [0.2, 0.25) is 10.0 Å². The van der Waals surface area contributed by atoms with Gasteiger partial charge in [-0.15, -0.1) is 0 Å². The van der Waals surface area contributed by atoms with Gasteiger partial charge in [-0.3, -0.25) is 0 Å². The minimum absolute atomic E-state index is 0.198. The molecule has 0 aliphatic rings. The second-order valence-corrected chi connectivity index (χ2v) is 6.17. The van der Waals surface area contributed by atoms with Crippen LogP contribution in [0.15, 0.2) is 48.5 Å². The van der Waals surface area contributed by atoms with Gasteiger partial charge in [-0.25, -0.2) is 21.9 Å². The van der Waals surface area contributed by atoms with E-state index in [-0.39, 0.29) is 16.9 Å². The van der Waals surface area contributed by atoms with Crippen LogP contribution in [0.3, 0.4) is 0 Å². The standard InChI is InChI=1S/C14H12FNO4S/c1-21(19,20)16(11-5-3-2-4-6-11)13-9-10(14(17)18)7-8-12(13)15/h2-9H,1H3,(H,17,18). The number of hydrogen-bond donors (Lipinski definition) is 1. The summed E-state index contributed by atoms with van der Waals surface area (Å²) in [5.41, 5.74) is -0.305. The number of carboxylic acids is 1. The maximum absolute atomic E-state index is 14.0. The summed E-state index contributed by atoms with van der Waals surface area (Å²) < 4.78 is 38.7. The molecular weight excluding hydrogens is 297 g/mol.